The lowest BCUT2D eigenvalue weighted by molar-refractivity contribution is -0.120. The predicted molar refractivity (Wildman–Crippen MR) is 154 cm³/mol. The molecule has 3 aromatic rings. The van der Waals surface area contributed by atoms with E-state index in [1.54, 1.807) is 49.6 Å². The molecule has 5 rings (SSSR count). The molecule has 2 amide bonds. The van der Waals surface area contributed by atoms with Gasteiger partial charge in [-0.05, 0) is 72.4 Å². The first-order chi connectivity index (χ1) is 18.4. The molecule has 0 saturated carbocycles. The fraction of sp³-hybridized carbons (Fsp3) is 0.179. The highest BCUT2D eigenvalue weighted by Gasteiger charge is 2.42. The molecule has 2 fully saturated rings. The van der Waals surface area contributed by atoms with Crippen LogP contribution in [-0.2, 0) is 14.3 Å². The zero-order chi connectivity index (χ0) is 26.8. The number of nitrogens with zero attached hydrogens (tertiary/aromatic N) is 3. The Morgan fingerprint density at radius 2 is 1.42 bits per heavy atom. The molecule has 194 valence electrons. The first kappa shape index (κ1) is 26.2. The number of rotatable bonds is 5. The second-order valence-electron chi connectivity index (χ2n) is 8.58. The summed E-state index contributed by atoms with van der Waals surface area (Å²) in [6.45, 7) is 2.88. The van der Waals surface area contributed by atoms with E-state index in [0.29, 0.717) is 30.2 Å². The first-order valence-electron chi connectivity index (χ1n) is 11.8. The number of hydrogen-bond donors (Lipinski definition) is 0. The van der Waals surface area contributed by atoms with Gasteiger partial charge in [-0.15, -0.1) is 0 Å². The smallest absolute Gasteiger partial charge is 0.270 e. The van der Waals surface area contributed by atoms with Gasteiger partial charge in [0.2, 0.25) is 0 Å². The molecule has 0 atom stereocenters. The maximum atomic E-state index is 13.8. The number of anilines is 3. The largest absolute Gasteiger partial charge is 0.497 e. The van der Waals surface area contributed by atoms with Crippen molar-refractivity contribution in [3.63, 3.8) is 0 Å². The van der Waals surface area contributed by atoms with Crippen LogP contribution >= 0.6 is 35.4 Å². The predicted octanol–water partition coefficient (Wildman–Crippen LogP) is 5.59. The van der Waals surface area contributed by atoms with Gasteiger partial charge in [0, 0.05) is 18.8 Å². The molecule has 0 aromatic heterocycles. The lowest BCUT2D eigenvalue weighted by Gasteiger charge is -2.37. The van der Waals surface area contributed by atoms with Gasteiger partial charge in [0.15, 0.2) is 5.11 Å². The van der Waals surface area contributed by atoms with Gasteiger partial charge in [-0.2, -0.15) is 0 Å². The Hall–Kier alpha value is -3.43. The van der Waals surface area contributed by atoms with Gasteiger partial charge in [0.1, 0.15) is 11.3 Å². The monoisotopic (exact) mass is 567 g/mol. The van der Waals surface area contributed by atoms with Crippen LogP contribution in [0.4, 0.5) is 17.1 Å². The molecule has 0 aliphatic carbocycles. The fourth-order valence-electron chi connectivity index (χ4n) is 4.36. The summed E-state index contributed by atoms with van der Waals surface area (Å²) in [7, 11) is 1.57. The number of methoxy groups -OCH3 is 1. The highest BCUT2D eigenvalue weighted by molar-refractivity contribution is 7.81. The van der Waals surface area contributed by atoms with E-state index in [1.165, 1.54) is 15.9 Å². The zero-order valence-electron chi connectivity index (χ0n) is 20.4. The standard InChI is InChI=1S/C28H23Cl2N3O4S/c1-36-21-11-5-18(6-12-21)17-22-26(34)32(20-9-7-19(8-10-20)31-13-15-37-16-14-31)28(38)33(27(22)35)25-23(29)3-2-4-24(25)30/h2-12,17H,13-16H2,1H3. The van der Waals surface area contributed by atoms with E-state index in [9.17, 15) is 9.59 Å². The van der Waals surface area contributed by atoms with Crippen molar-refractivity contribution in [2.45, 2.75) is 0 Å². The second kappa shape index (κ2) is 11.1. The third kappa shape index (κ3) is 5.00. The van der Waals surface area contributed by atoms with Crippen LogP contribution in [0.15, 0.2) is 72.3 Å². The normalized spacial score (nSPS) is 17.4. The third-order valence-corrected chi connectivity index (χ3v) is 7.30. The molecule has 2 saturated heterocycles. The second-order valence-corrected chi connectivity index (χ2v) is 9.76. The van der Waals surface area contributed by atoms with Crippen LogP contribution in [0.1, 0.15) is 5.56 Å². The Balaban J connectivity index is 1.59. The van der Waals surface area contributed by atoms with Crippen LogP contribution < -0.4 is 19.4 Å². The molecule has 0 unspecified atom stereocenters. The minimum Gasteiger partial charge on any atom is -0.497 e. The number of amides is 2. The lowest BCUT2D eigenvalue weighted by Crippen LogP contribution is -2.57. The Bertz CT molecular complexity index is 1400. The molecule has 38 heavy (non-hydrogen) atoms. The van der Waals surface area contributed by atoms with Crippen LogP contribution in [0.2, 0.25) is 10.0 Å². The topological polar surface area (TPSA) is 62.3 Å². The third-order valence-electron chi connectivity index (χ3n) is 6.32. The van der Waals surface area contributed by atoms with Crippen molar-refractivity contribution in [3.05, 3.63) is 87.9 Å². The van der Waals surface area contributed by atoms with Crippen LogP contribution in [0.25, 0.3) is 6.08 Å². The molecular weight excluding hydrogens is 545 g/mol. The minimum absolute atomic E-state index is 0.0407. The van der Waals surface area contributed by atoms with E-state index < -0.39 is 11.8 Å². The maximum absolute atomic E-state index is 13.8. The summed E-state index contributed by atoms with van der Waals surface area (Å²) in [6, 6.07) is 19.4. The van der Waals surface area contributed by atoms with Gasteiger partial charge < -0.3 is 14.4 Å². The van der Waals surface area contributed by atoms with Crippen LogP contribution in [0, 0.1) is 0 Å². The van der Waals surface area contributed by atoms with E-state index in [2.05, 4.69) is 4.90 Å². The molecule has 7 nitrogen and oxygen atoms in total. The molecule has 2 heterocycles. The number of benzene rings is 3. The number of para-hydroxylation sites is 1. The number of morpholine rings is 1. The van der Waals surface area contributed by atoms with Crippen molar-refractivity contribution in [2.24, 2.45) is 0 Å². The number of ether oxygens (including phenoxy) is 2. The number of carbonyl (C=O) groups is 2. The molecule has 2 aliphatic rings. The number of carbonyl (C=O) groups excluding carboxylic acids is 2. The van der Waals surface area contributed by atoms with Crippen molar-refractivity contribution in [1.82, 2.24) is 0 Å². The van der Waals surface area contributed by atoms with E-state index in [4.69, 9.17) is 44.9 Å². The summed E-state index contributed by atoms with van der Waals surface area (Å²) in [5.74, 6) is -0.512. The van der Waals surface area contributed by atoms with Crippen LogP contribution in [-0.4, -0.2) is 50.3 Å². The summed E-state index contributed by atoms with van der Waals surface area (Å²) in [5.41, 5.74) is 2.29. The number of halogens is 2. The van der Waals surface area contributed by atoms with Crippen molar-refractivity contribution < 1.29 is 19.1 Å². The summed E-state index contributed by atoms with van der Waals surface area (Å²) in [4.78, 5) is 32.3. The molecule has 0 bridgehead atoms. The van der Waals surface area contributed by atoms with Gasteiger partial charge in [-0.1, -0.05) is 41.4 Å². The lowest BCUT2D eigenvalue weighted by atomic mass is 10.0. The van der Waals surface area contributed by atoms with Crippen LogP contribution in [0.5, 0.6) is 5.75 Å². The Morgan fingerprint density at radius 3 is 2.03 bits per heavy atom. The molecular formula is C28H23Cl2N3O4S. The maximum Gasteiger partial charge on any atom is 0.270 e. The Morgan fingerprint density at radius 1 is 0.842 bits per heavy atom. The fourth-order valence-corrected chi connectivity index (χ4v) is 5.29. The highest BCUT2D eigenvalue weighted by Crippen LogP contribution is 2.38. The van der Waals surface area contributed by atoms with Crippen molar-refractivity contribution >= 4 is 75.5 Å². The molecule has 0 N–H and O–H groups in total. The molecule has 10 heteroatoms. The van der Waals surface area contributed by atoms with Gasteiger partial charge >= 0.3 is 0 Å². The average molecular weight is 568 g/mol. The minimum atomic E-state index is -0.619. The summed E-state index contributed by atoms with van der Waals surface area (Å²) in [6.07, 6.45) is 1.53. The summed E-state index contributed by atoms with van der Waals surface area (Å²) >= 11 is 18.7. The van der Waals surface area contributed by atoms with Gasteiger partial charge in [-0.25, -0.2) is 4.90 Å². The SMILES string of the molecule is COc1ccc(C=C2C(=O)N(c3ccc(N4CCOCC4)cc3)C(=S)N(c3c(Cl)cccc3Cl)C2=O)cc1. The van der Waals surface area contributed by atoms with Crippen molar-refractivity contribution in [1.29, 1.82) is 0 Å². The van der Waals surface area contributed by atoms with E-state index in [0.717, 1.165) is 18.8 Å². The summed E-state index contributed by atoms with van der Waals surface area (Å²) < 4.78 is 10.7. The number of hydrogen-bond acceptors (Lipinski definition) is 6. The molecule has 3 aromatic carbocycles. The van der Waals surface area contributed by atoms with Crippen molar-refractivity contribution in [3.8, 4) is 5.75 Å². The quantitative estimate of drug-likeness (QED) is 0.227. The number of thiocarbonyl (C=S) groups is 1. The van der Waals surface area contributed by atoms with Gasteiger partial charge in [0.05, 0.1) is 41.7 Å². The van der Waals surface area contributed by atoms with Gasteiger partial charge in [0.25, 0.3) is 11.8 Å². The van der Waals surface area contributed by atoms with E-state index in [1.807, 2.05) is 24.3 Å². The van der Waals surface area contributed by atoms with Crippen LogP contribution in [0.3, 0.4) is 0 Å². The first-order valence-corrected chi connectivity index (χ1v) is 13.0. The van der Waals surface area contributed by atoms with E-state index in [-0.39, 0.29) is 26.4 Å². The average Bonchev–Trinajstić information content (AvgIpc) is 2.94. The molecule has 0 radical (unpaired) electrons. The molecule has 0 spiro atoms. The molecule has 2 aliphatic heterocycles. The highest BCUT2D eigenvalue weighted by atomic mass is 35.5. The van der Waals surface area contributed by atoms with Gasteiger partial charge in [-0.3, -0.25) is 14.5 Å². The zero-order valence-corrected chi connectivity index (χ0v) is 22.7. The Labute approximate surface area is 235 Å². The Kier molecular flexibility index (Phi) is 7.67. The van der Waals surface area contributed by atoms with Crippen molar-refractivity contribution in [2.75, 3.05) is 48.1 Å². The summed E-state index contributed by atoms with van der Waals surface area (Å²) in [5, 5.41) is 0.420. The van der Waals surface area contributed by atoms with E-state index >= 15 is 0 Å².